The van der Waals surface area contributed by atoms with E-state index in [2.05, 4.69) is 17.7 Å². The first-order valence-electron chi connectivity index (χ1n) is 6.55. The molecule has 0 fully saturated rings. The van der Waals surface area contributed by atoms with E-state index < -0.39 is 0 Å². The van der Waals surface area contributed by atoms with E-state index in [1.165, 1.54) is 6.92 Å². The average molecular weight is 266 g/mol. The van der Waals surface area contributed by atoms with Crippen molar-refractivity contribution in [1.29, 1.82) is 0 Å². The van der Waals surface area contributed by atoms with Crippen LogP contribution in [0.15, 0.2) is 24.3 Å². The molecule has 0 saturated heterocycles. The van der Waals surface area contributed by atoms with E-state index in [1.807, 2.05) is 18.2 Å². The number of carbonyl (C=O) groups is 1. The van der Waals surface area contributed by atoms with E-state index in [-0.39, 0.29) is 5.91 Å². The summed E-state index contributed by atoms with van der Waals surface area (Å²) in [6, 6.07) is 7.33. The van der Waals surface area contributed by atoms with Crippen LogP contribution < -0.4 is 10.8 Å². The quantitative estimate of drug-likeness (QED) is 0.533. The Hall–Kier alpha value is -1.59. The number of nitrogens with one attached hydrogen (secondary N) is 2. The molecule has 106 valence electrons. The van der Waals surface area contributed by atoms with Gasteiger partial charge in [-0.2, -0.15) is 0 Å². The van der Waals surface area contributed by atoms with E-state index in [1.54, 1.807) is 6.07 Å². The monoisotopic (exact) mass is 266 g/mol. The Bertz CT molecular complexity index is 383. The van der Waals surface area contributed by atoms with Crippen LogP contribution in [-0.2, 0) is 14.4 Å². The first-order valence-corrected chi connectivity index (χ1v) is 6.55. The summed E-state index contributed by atoms with van der Waals surface area (Å²) >= 11 is 0. The van der Waals surface area contributed by atoms with Gasteiger partial charge in [-0.05, 0) is 24.6 Å². The number of hydrogen-bond donors (Lipinski definition) is 2. The van der Waals surface area contributed by atoms with Crippen molar-refractivity contribution < 1.29 is 14.4 Å². The summed E-state index contributed by atoms with van der Waals surface area (Å²) in [5.74, 6) is -0.0950. The molecule has 0 aliphatic heterocycles. The van der Waals surface area contributed by atoms with Crippen LogP contribution in [0.3, 0.4) is 0 Å². The number of ether oxygens (including phenoxy) is 1. The van der Waals surface area contributed by atoms with Gasteiger partial charge in [-0.15, -0.1) is 0 Å². The van der Waals surface area contributed by atoms with E-state index in [0.29, 0.717) is 13.2 Å². The molecule has 0 heterocycles. The molecule has 0 aliphatic rings. The average Bonchev–Trinajstić information content (AvgIpc) is 2.37. The molecule has 0 radical (unpaired) electrons. The highest BCUT2D eigenvalue weighted by molar-refractivity contribution is 5.89. The van der Waals surface area contributed by atoms with Crippen LogP contribution >= 0.6 is 0 Å². The summed E-state index contributed by atoms with van der Waals surface area (Å²) in [6.07, 6.45) is 2.21. The lowest BCUT2D eigenvalue weighted by molar-refractivity contribution is -0.114. The minimum Gasteiger partial charge on any atom is -0.379 e. The maximum absolute atomic E-state index is 10.9. The van der Waals surface area contributed by atoms with E-state index in [9.17, 15) is 4.79 Å². The summed E-state index contributed by atoms with van der Waals surface area (Å²) in [6.45, 7) is 5.43. The number of amides is 1. The van der Waals surface area contributed by atoms with Crippen molar-refractivity contribution in [3.63, 3.8) is 0 Å². The fourth-order valence-corrected chi connectivity index (χ4v) is 1.45. The second kappa shape index (κ2) is 9.35. The van der Waals surface area contributed by atoms with Crippen LogP contribution in [0.25, 0.3) is 0 Å². The predicted octanol–water partition coefficient (Wildman–Crippen LogP) is 2.81. The number of rotatable bonds is 9. The number of anilines is 2. The Balaban J connectivity index is 2.20. The number of hydrogen-bond acceptors (Lipinski definition) is 4. The molecule has 0 aromatic heterocycles. The standard InChI is InChI=1S/C14H22N2O3/c1-3-4-8-18-9-10-19-16-14-7-5-6-13(11-14)15-12(2)17/h5-7,11,16H,3-4,8-10H2,1-2H3,(H,15,17). The highest BCUT2D eigenvalue weighted by Crippen LogP contribution is 2.14. The number of carbonyl (C=O) groups excluding carboxylic acids is 1. The van der Waals surface area contributed by atoms with Crippen molar-refractivity contribution in [2.45, 2.75) is 26.7 Å². The molecule has 0 atom stereocenters. The molecule has 1 amide bonds. The first-order chi connectivity index (χ1) is 9.22. The van der Waals surface area contributed by atoms with Gasteiger partial charge in [-0.3, -0.25) is 15.1 Å². The molecule has 0 bridgehead atoms. The van der Waals surface area contributed by atoms with Gasteiger partial charge >= 0.3 is 0 Å². The topological polar surface area (TPSA) is 59.6 Å². The summed E-state index contributed by atoms with van der Waals surface area (Å²) in [4.78, 5) is 16.2. The van der Waals surface area contributed by atoms with Gasteiger partial charge in [0, 0.05) is 19.2 Å². The zero-order chi connectivity index (χ0) is 13.9. The molecule has 0 spiro atoms. The highest BCUT2D eigenvalue weighted by atomic mass is 16.7. The van der Waals surface area contributed by atoms with Crippen LogP contribution in [0.4, 0.5) is 11.4 Å². The van der Waals surface area contributed by atoms with Crippen molar-refractivity contribution >= 4 is 17.3 Å². The summed E-state index contributed by atoms with van der Waals surface area (Å²) in [5, 5.41) is 2.71. The Morgan fingerprint density at radius 3 is 2.74 bits per heavy atom. The van der Waals surface area contributed by atoms with Gasteiger partial charge in [-0.25, -0.2) is 0 Å². The van der Waals surface area contributed by atoms with Crippen molar-refractivity contribution in [2.75, 3.05) is 30.6 Å². The van der Waals surface area contributed by atoms with Gasteiger partial charge in [0.15, 0.2) is 0 Å². The number of benzene rings is 1. The Kier molecular flexibility index (Phi) is 7.62. The van der Waals surface area contributed by atoms with Crippen LogP contribution in [0.1, 0.15) is 26.7 Å². The Morgan fingerprint density at radius 2 is 2.00 bits per heavy atom. The summed E-state index contributed by atoms with van der Waals surface area (Å²) < 4.78 is 5.37. The lowest BCUT2D eigenvalue weighted by Gasteiger charge is -2.09. The van der Waals surface area contributed by atoms with E-state index in [0.717, 1.165) is 30.8 Å². The van der Waals surface area contributed by atoms with Crippen LogP contribution in [0, 0.1) is 0 Å². The van der Waals surface area contributed by atoms with Crippen molar-refractivity contribution in [1.82, 2.24) is 0 Å². The first kappa shape index (κ1) is 15.5. The minimum absolute atomic E-state index is 0.0950. The van der Waals surface area contributed by atoms with Crippen LogP contribution in [-0.4, -0.2) is 25.7 Å². The van der Waals surface area contributed by atoms with Crippen LogP contribution in [0.2, 0.25) is 0 Å². The second-order valence-corrected chi connectivity index (χ2v) is 4.18. The molecule has 5 nitrogen and oxygen atoms in total. The van der Waals surface area contributed by atoms with Gasteiger partial charge in [0.2, 0.25) is 5.91 Å². The maximum atomic E-state index is 10.9. The molecule has 0 aliphatic carbocycles. The molecule has 1 aromatic rings. The smallest absolute Gasteiger partial charge is 0.221 e. The SMILES string of the molecule is CCCCOCCONc1cccc(NC(C)=O)c1. The lowest BCUT2D eigenvalue weighted by Crippen LogP contribution is -2.10. The molecule has 5 heteroatoms. The zero-order valence-corrected chi connectivity index (χ0v) is 11.6. The molecular formula is C14H22N2O3. The van der Waals surface area contributed by atoms with Gasteiger partial charge < -0.3 is 10.1 Å². The van der Waals surface area contributed by atoms with E-state index >= 15 is 0 Å². The third kappa shape index (κ3) is 7.43. The molecule has 1 aromatic carbocycles. The van der Waals surface area contributed by atoms with Gasteiger partial charge in [0.05, 0.1) is 18.9 Å². The third-order valence-corrected chi connectivity index (χ3v) is 2.34. The van der Waals surface area contributed by atoms with Gasteiger partial charge in [0.1, 0.15) is 0 Å². The normalized spacial score (nSPS) is 10.2. The Morgan fingerprint density at radius 1 is 1.21 bits per heavy atom. The molecule has 0 unspecified atom stereocenters. The highest BCUT2D eigenvalue weighted by Gasteiger charge is 1.97. The maximum Gasteiger partial charge on any atom is 0.221 e. The molecule has 1 rings (SSSR count). The van der Waals surface area contributed by atoms with Crippen molar-refractivity contribution in [2.24, 2.45) is 0 Å². The van der Waals surface area contributed by atoms with Crippen LogP contribution in [0.5, 0.6) is 0 Å². The molecular weight excluding hydrogens is 244 g/mol. The van der Waals surface area contributed by atoms with Crippen molar-refractivity contribution in [3.05, 3.63) is 24.3 Å². The zero-order valence-electron chi connectivity index (χ0n) is 11.6. The fraction of sp³-hybridized carbons (Fsp3) is 0.500. The summed E-state index contributed by atoms with van der Waals surface area (Å²) in [7, 11) is 0. The number of unbranched alkanes of at least 4 members (excludes halogenated alkanes) is 1. The van der Waals surface area contributed by atoms with E-state index in [4.69, 9.17) is 9.57 Å². The second-order valence-electron chi connectivity index (χ2n) is 4.18. The predicted molar refractivity (Wildman–Crippen MR) is 76.0 cm³/mol. The largest absolute Gasteiger partial charge is 0.379 e. The summed E-state index contributed by atoms with van der Waals surface area (Å²) in [5.41, 5.74) is 4.35. The lowest BCUT2D eigenvalue weighted by atomic mass is 10.3. The molecule has 2 N–H and O–H groups in total. The fourth-order valence-electron chi connectivity index (χ4n) is 1.45. The van der Waals surface area contributed by atoms with Crippen molar-refractivity contribution in [3.8, 4) is 0 Å². The Labute approximate surface area is 114 Å². The molecule has 19 heavy (non-hydrogen) atoms. The van der Waals surface area contributed by atoms with Gasteiger partial charge in [0.25, 0.3) is 0 Å². The minimum atomic E-state index is -0.0950. The third-order valence-electron chi connectivity index (χ3n) is 2.34. The molecule has 0 saturated carbocycles. The van der Waals surface area contributed by atoms with Gasteiger partial charge in [-0.1, -0.05) is 19.4 Å².